The Kier molecular flexibility index (Phi) is 3.02. The molecule has 6 nitrogen and oxygen atoms in total. The maximum absolute atomic E-state index is 4.45. The summed E-state index contributed by atoms with van der Waals surface area (Å²) in [6.07, 6.45) is 3.54. The van der Waals surface area contributed by atoms with Gasteiger partial charge in [0.15, 0.2) is 0 Å². The minimum atomic E-state index is 0.698. The van der Waals surface area contributed by atoms with Crippen molar-refractivity contribution in [1.82, 2.24) is 20.2 Å². The van der Waals surface area contributed by atoms with Gasteiger partial charge in [-0.05, 0) is 13.8 Å². The SMILES string of the molecule is Cc1nnc(N2CC3CN(c4ncncc4C)CC3C2)s1. The fourth-order valence-electron chi connectivity index (χ4n) is 3.46. The molecule has 2 aromatic heterocycles. The number of anilines is 2. The normalized spacial score (nSPS) is 24.7. The maximum Gasteiger partial charge on any atom is 0.208 e. The third-order valence-corrected chi connectivity index (χ3v) is 5.34. The van der Waals surface area contributed by atoms with Crippen LogP contribution in [0.3, 0.4) is 0 Å². The van der Waals surface area contributed by atoms with Gasteiger partial charge in [0.2, 0.25) is 5.13 Å². The molecule has 0 aliphatic carbocycles. The first-order valence-corrected chi connectivity index (χ1v) is 8.09. The second kappa shape index (κ2) is 4.91. The lowest BCUT2D eigenvalue weighted by Gasteiger charge is -2.22. The molecule has 0 radical (unpaired) electrons. The average molecular weight is 302 g/mol. The van der Waals surface area contributed by atoms with E-state index in [0.717, 1.165) is 47.7 Å². The summed E-state index contributed by atoms with van der Waals surface area (Å²) in [5.74, 6) is 2.49. The zero-order valence-electron chi connectivity index (χ0n) is 12.2. The van der Waals surface area contributed by atoms with Gasteiger partial charge in [0.25, 0.3) is 0 Å². The minimum Gasteiger partial charge on any atom is -0.356 e. The average Bonchev–Trinajstić information content (AvgIpc) is 3.12. The summed E-state index contributed by atoms with van der Waals surface area (Å²) in [5, 5.41) is 10.5. The van der Waals surface area contributed by atoms with Crippen molar-refractivity contribution < 1.29 is 0 Å². The molecule has 2 fully saturated rings. The Hall–Kier alpha value is -1.76. The van der Waals surface area contributed by atoms with Crippen LogP contribution in [0.1, 0.15) is 10.6 Å². The summed E-state index contributed by atoms with van der Waals surface area (Å²) in [4.78, 5) is 13.3. The van der Waals surface area contributed by atoms with E-state index >= 15 is 0 Å². The van der Waals surface area contributed by atoms with Crippen molar-refractivity contribution in [2.45, 2.75) is 13.8 Å². The Morgan fingerprint density at radius 1 is 1.05 bits per heavy atom. The molecule has 110 valence electrons. The molecule has 0 saturated carbocycles. The number of aromatic nitrogens is 4. The number of nitrogens with zero attached hydrogens (tertiary/aromatic N) is 6. The second-order valence-electron chi connectivity index (χ2n) is 5.96. The summed E-state index contributed by atoms with van der Waals surface area (Å²) in [7, 11) is 0. The molecule has 4 heterocycles. The van der Waals surface area contributed by atoms with Gasteiger partial charge in [0.05, 0.1) is 0 Å². The molecule has 4 rings (SSSR count). The topological polar surface area (TPSA) is 58.0 Å². The standard InChI is InChI=1S/C14H18N6S/c1-9-3-15-8-16-13(9)19-4-11-6-20(7-12(11)5-19)14-18-17-10(2)21-14/h3,8,11-12H,4-7H2,1-2H3. The van der Waals surface area contributed by atoms with Crippen molar-refractivity contribution in [2.75, 3.05) is 36.0 Å². The van der Waals surface area contributed by atoms with Gasteiger partial charge in [-0.2, -0.15) is 0 Å². The van der Waals surface area contributed by atoms with E-state index in [-0.39, 0.29) is 0 Å². The molecule has 0 bridgehead atoms. The molecule has 2 aliphatic heterocycles. The quantitative estimate of drug-likeness (QED) is 0.838. The summed E-state index contributed by atoms with van der Waals surface area (Å²) in [5.41, 5.74) is 1.16. The number of aryl methyl sites for hydroxylation is 2. The van der Waals surface area contributed by atoms with E-state index in [9.17, 15) is 0 Å². The van der Waals surface area contributed by atoms with Crippen LogP contribution in [-0.2, 0) is 0 Å². The van der Waals surface area contributed by atoms with Crippen LogP contribution in [0.25, 0.3) is 0 Å². The van der Waals surface area contributed by atoms with Gasteiger partial charge in [-0.3, -0.25) is 0 Å². The molecule has 21 heavy (non-hydrogen) atoms. The monoisotopic (exact) mass is 302 g/mol. The van der Waals surface area contributed by atoms with Gasteiger partial charge in [0, 0.05) is 49.8 Å². The van der Waals surface area contributed by atoms with Crippen LogP contribution < -0.4 is 9.80 Å². The lowest BCUT2D eigenvalue weighted by atomic mass is 10.0. The van der Waals surface area contributed by atoms with Gasteiger partial charge < -0.3 is 9.80 Å². The number of fused-ring (bicyclic) bond motifs is 1. The van der Waals surface area contributed by atoms with Gasteiger partial charge in [-0.25, -0.2) is 9.97 Å². The highest BCUT2D eigenvalue weighted by Crippen LogP contribution is 2.36. The lowest BCUT2D eigenvalue weighted by molar-refractivity contribution is 0.533. The molecule has 0 aromatic carbocycles. The van der Waals surface area contributed by atoms with Crippen LogP contribution in [0.4, 0.5) is 10.9 Å². The van der Waals surface area contributed by atoms with Gasteiger partial charge >= 0.3 is 0 Å². The van der Waals surface area contributed by atoms with E-state index in [4.69, 9.17) is 0 Å². The van der Waals surface area contributed by atoms with Crippen molar-refractivity contribution in [1.29, 1.82) is 0 Å². The number of hydrogen-bond donors (Lipinski definition) is 0. The van der Waals surface area contributed by atoms with E-state index in [1.165, 1.54) is 0 Å². The molecule has 0 amide bonds. The molecule has 2 saturated heterocycles. The van der Waals surface area contributed by atoms with Crippen LogP contribution in [0.5, 0.6) is 0 Å². The van der Waals surface area contributed by atoms with Crippen LogP contribution in [0.2, 0.25) is 0 Å². The van der Waals surface area contributed by atoms with E-state index in [1.54, 1.807) is 17.7 Å². The molecule has 2 atom stereocenters. The zero-order chi connectivity index (χ0) is 14.4. The first-order valence-electron chi connectivity index (χ1n) is 7.27. The van der Waals surface area contributed by atoms with Crippen LogP contribution in [-0.4, -0.2) is 46.3 Å². The van der Waals surface area contributed by atoms with E-state index in [2.05, 4.69) is 36.9 Å². The van der Waals surface area contributed by atoms with Crippen molar-refractivity contribution in [3.05, 3.63) is 23.1 Å². The Labute approximate surface area is 127 Å². The molecular weight excluding hydrogens is 284 g/mol. The highest BCUT2D eigenvalue weighted by atomic mass is 32.1. The third kappa shape index (κ3) is 2.25. The molecule has 2 aromatic rings. The molecule has 2 aliphatic rings. The summed E-state index contributed by atoms with van der Waals surface area (Å²) >= 11 is 1.69. The predicted octanol–water partition coefficient (Wildman–Crippen LogP) is 1.52. The molecule has 0 N–H and O–H groups in total. The smallest absolute Gasteiger partial charge is 0.208 e. The highest BCUT2D eigenvalue weighted by Gasteiger charge is 2.41. The Morgan fingerprint density at radius 3 is 2.38 bits per heavy atom. The van der Waals surface area contributed by atoms with Crippen LogP contribution in [0, 0.1) is 25.7 Å². The number of hydrogen-bond acceptors (Lipinski definition) is 7. The highest BCUT2D eigenvalue weighted by molar-refractivity contribution is 7.15. The Bertz CT molecular complexity index is 642. The van der Waals surface area contributed by atoms with Gasteiger partial charge in [-0.1, -0.05) is 11.3 Å². The zero-order valence-corrected chi connectivity index (χ0v) is 13.0. The van der Waals surface area contributed by atoms with E-state index in [0.29, 0.717) is 11.8 Å². The van der Waals surface area contributed by atoms with Crippen LogP contribution in [0.15, 0.2) is 12.5 Å². The molecular formula is C14H18N6S. The fourth-order valence-corrected chi connectivity index (χ4v) is 4.17. The van der Waals surface area contributed by atoms with Gasteiger partial charge in [-0.15, -0.1) is 10.2 Å². The van der Waals surface area contributed by atoms with E-state index in [1.807, 2.05) is 13.1 Å². The summed E-state index contributed by atoms with van der Waals surface area (Å²) in [6.45, 7) is 8.42. The number of rotatable bonds is 2. The first kappa shape index (κ1) is 12.9. The largest absolute Gasteiger partial charge is 0.356 e. The first-order chi connectivity index (χ1) is 10.2. The maximum atomic E-state index is 4.45. The van der Waals surface area contributed by atoms with Crippen molar-refractivity contribution >= 4 is 22.3 Å². The predicted molar refractivity (Wildman–Crippen MR) is 82.8 cm³/mol. The van der Waals surface area contributed by atoms with Gasteiger partial charge in [0.1, 0.15) is 17.2 Å². The fraction of sp³-hybridized carbons (Fsp3) is 0.571. The van der Waals surface area contributed by atoms with Crippen molar-refractivity contribution in [2.24, 2.45) is 11.8 Å². The third-order valence-electron chi connectivity index (χ3n) is 4.44. The molecule has 7 heteroatoms. The molecule has 2 unspecified atom stereocenters. The molecule has 0 spiro atoms. The van der Waals surface area contributed by atoms with Crippen LogP contribution >= 0.6 is 11.3 Å². The Morgan fingerprint density at radius 2 is 1.76 bits per heavy atom. The minimum absolute atomic E-state index is 0.698. The van der Waals surface area contributed by atoms with Crippen molar-refractivity contribution in [3.8, 4) is 0 Å². The van der Waals surface area contributed by atoms with Crippen molar-refractivity contribution in [3.63, 3.8) is 0 Å². The Balaban J connectivity index is 1.47. The lowest BCUT2D eigenvalue weighted by Crippen LogP contribution is -2.29. The second-order valence-corrected chi connectivity index (χ2v) is 7.12. The summed E-state index contributed by atoms with van der Waals surface area (Å²) < 4.78 is 0. The van der Waals surface area contributed by atoms with E-state index < -0.39 is 0 Å². The summed E-state index contributed by atoms with van der Waals surface area (Å²) in [6, 6.07) is 0.